The normalized spacial score (nSPS) is 14.0. The molecule has 0 heterocycles. The van der Waals surface area contributed by atoms with E-state index in [1.807, 2.05) is 0 Å². The molecule has 0 rings (SSSR count). The van der Waals surface area contributed by atoms with Crippen molar-refractivity contribution < 1.29 is 37.6 Å². The van der Waals surface area contributed by atoms with Crippen LogP contribution in [0.15, 0.2) is 134 Å². The first-order chi connectivity index (χ1) is 36.8. The van der Waals surface area contributed by atoms with E-state index in [1.165, 1.54) is 70.6 Å². The van der Waals surface area contributed by atoms with Crippen molar-refractivity contribution >= 4 is 19.8 Å². The number of hydrogen-bond acceptors (Lipinski definition) is 8. The molecule has 9 nitrogen and oxygen atoms in total. The Labute approximate surface area is 459 Å². The molecule has 0 saturated carbocycles. The average molecular weight is 1060 g/mol. The molecule has 0 radical (unpaired) electrons. The number of carbonyl (C=O) groups excluding carboxylic acids is 2. The van der Waals surface area contributed by atoms with Crippen LogP contribution in [0, 0.1) is 0 Å². The molecular formula is C65H108NO8P. The van der Waals surface area contributed by atoms with Gasteiger partial charge in [-0.25, -0.2) is 4.57 Å². The second kappa shape index (κ2) is 59.4. The van der Waals surface area contributed by atoms with Crippen LogP contribution in [0.4, 0.5) is 0 Å². The van der Waals surface area contributed by atoms with Gasteiger partial charge in [0.05, 0.1) is 13.2 Å². The second-order valence-corrected chi connectivity index (χ2v) is 20.6. The lowest BCUT2D eigenvalue weighted by Crippen LogP contribution is -2.29. The van der Waals surface area contributed by atoms with Crippen molar-refractivity contribution in [1.82, 2.24) is 0 Å². The number of nitrogens with two attached hydrogens (primary N) is 1. The number of phosphoric ester groups is 1. The molecule has 0 aromatic rings. The molecule has 2 unspecified atom stereocenters. The van der Waals surface area contributed by atoms with Gasteiger partial charge in [-0.1, -0.05) is 237 Å². The smallest absolute Gasteiger partial charge is 0.462 e. The number of phosphoric acid groups is 1. The molecule has 0 amide bonds. The Morgan fingerprint density at radius 1 is 0.413 bits per heavy atom. The number of rotatable bonds is 54. The third-order valence-corrected chi connectivity index (χ3v) is 13.0. The van der Waals surface area contributed by atoms with Crippen molar-refractivity contribution in [2.45, 2.75) is 238 Å². The lowest BCUT2D eigenvalue weighted by atomic mass is 10.1. The Hall–Kier alpha value is -3.85. The molecule has 0 aliphatic heterocycles. The Kier molecular flexibility index (Phi) is 56.3. The zero-order chi connectivity index (χ0) is 54.5. The van der Waals surface area contributed by atoms with E-state index in [9.17, 15) is 19.0 Å². The third-order valence-electron chi connectivity index (χ3n) is 12.0. The van der Waals surface area contributed by atoms with Gasteiger partial charge in [0.1, 0.15) is 6.61 Å². The van der Waals surface area contributed by atoms with E-state index in [0.29, 0.717) is 6.42 Å². The molecule has 3 N–H and O–H groups in total. The molecule has 426 valence electrons. The first kappa shape index (κ1) is 71.2. The highest BCUT2D eigenvalue weighted by atomic mass is 31.2. The maximum atomic E-state index is 12.7. The van der Waals surface area contributed by atoms with Gasteiger partial charge in [-0.2, -0.15) is 0 Å². The van der Waals surface area contributed by atoms with Gasteiger partial charge in [-0.15, -0.1) is 0 Å². The molecular weight excluding hydrogens is 954 g/mol. The minimum atomic E-state index is -4.40. The highest BCUT2D eigenvalue weighted by Crippen LogP contribution is 2.43. The van der Waals surface area contributed by atoms with Gasteiger partial charge < -0.3 is 20.1 Å². The number of ether oxygens (including phenoxy) is 2. The predicted octanol–water partition coefficient (Wildman–Crippen LogP) is 19.0. The number of carbonyl (C=O) groups is 2. The summed E-state index contributed by atoms with van der Waals surface area (Å²) in [4.78, 5) is 35.2. The molecule has 2 atom stereocenters. The highest BCUT2D eigenvalue weighted by Gasteiger charge is 2.26. The van der Waals surface area contributed by atoms with Crippen LogP contribution < -0.4 is 5.73 Å². The Morgan fingerprint density at radius 2 is 0.733 bits per heavy atom. The second-order valence-electron chi connectivity index (χ2n) is 19.1. The Bertz CT molecular complexity index is 1680. The molecule has 10 heteroatoms. The fourth-order valence-electron chi connectivity index (χ4n) is 7.66. The first-order valence-electron chi connectivity index (χ1n) is 29.7. The largest absolute Gasteiger partial charge is 0.472 e. The van der Waals surface area contributed by atoms with Crippen LogP contribution in [-0.4, -0.2) is 49.3 Å². The van der Waals surface area contributed by atoms with Crippen LogP contribution in [0.5, 0.6) is 0 Å². The fourth-order valence-corrected chi connectivity index (χ4v) is 8.42. The van der Waals surface area contributed by atoms with E-state index in [0.717, 1.165) is 128 Å². The molecule has 0 fully saturated rings. The van der Waals surface area contributed by atoms with Crippen LogP contribution in [-0.2, 0) is 32.7 Å². The van der Waals surface area contributed by atoms with Gasteiger partial charge in [-0.3, -0.25) is 18.6 Å². The summed E-state index contributed by atoms with van der Waals surface area (Å²) in [6.07, 6.45) is 83.6. The molecule has 0 saturated heterocycles. The van der Waals surface area contributed by atoms with Crippen LogP contribution >= 0.6 is 7.82 Å². The van der Waals surface area contributed by atoms with Gasteiger partial charge in [0.15, 0.2) is 6.10 Å². The van der Waals surface area contributed by atoms with E-state index < -0.39 is 32.5 Å². The Morgan fingerprint density at radius 3 is 1.09 bits per heavy atom. The average Bonchev–Trinajstić information content (AvgIpc) is 3.40. The highest BCUT2D eigenvalue weighted by molar-refractivity contribution is 7.47. The van der Waals surface area contributed by atoms with Crippen molar-refractivity contribution in [2.75, 3.05) is 26.4 Å². The SMILES string of the molecule is CC/C=C\C/C=C\C/C=C\C/C=C\C/C=C\C/C=C\C/C=C\C/C=C\C/C=C\CCCCCCCC(=O)OC(COC(=O)CCCCCCCCCCC/C=C\C/C=C\CCCCCCC)COP(=O)(O)OCCN. The van der Waals surface area contributed by atoms with Crippen LogP contribution in [0.25, 0.3) is 0 Å². The van der Waals surface area contributed by atoms with Crippen LogP contribution in [0.1, 0.15) is 232 Å². The van der Waals surface area contributed by atoms with Crippen molar-refractivity contribution in [2.24, 2.45) is 5.73 Å². The van der Waals surface area contributed by atoms with Gasteiger partial charge in [0.2, 0.25) is 0 Å². The summed E-state index contributed by atoms with van der Waals surface area (Å²) in [5, 5.41) is 0. The van der Waals surface area contributed by atoms with E-state index in [1.54, 1.807) is 0 Å². The zero-order valence-electron chi connectivity index (χ0n) is 47.5. The first-order valence-corrected chi connectivity index (χ1v) is 31.2. The topological polar surface area (TPSA) is 134 Å². The number of allylic oxidation sites excluding steroid dienone is 22. The molecule has 0 aliphatic rings. The molecule has 75 heavy (non-hydrogen) atoms. The van der Waals surface area contributed by atoms with E-state index in [4.69, 9.17) is 24.3 Å². The molecule has 0 spiro atoms. The number of esters is 2. The summed E-state index contributed by atoms with van der Waals surface area (Å²) in [5.41, 5.74) is 5.38. The number of unbranched alkanes of at least 4 members (excludes halogenated alkanes) is 19. The maximum Gasteiger partial charge on any atom is 0.472 e. The lowest BCUT2D eigenvalue weighted by Gasteiger charge is -2.19. The van der Waals surface area contributed by atoms with Gasteiger partial charge in [0, 0.05) is 19.4 Å². The lowest BCUT2D eigenvalue weighted by molar-refractivity contribution is -0.161. The third kappa shape index (κ3) is 59.3. The quantitative estimate of drug-likeness (QED) is 0.0264. The van der Waals surface area contributed by atoms with Crippen molar-refractivity contribution in [3.05, 3.63) is 134 Å². The van der Waals surface area contributed by atoms with Crippen LogP contribution in [0.2, 0.25) is 0 Å². The molecule has 0 aliphatic carbocycles. The van der Waals surface area contributed by atoms with Crippen molar-refractivity contribution in [3.8, 4) is 0 Å². The summed E-state index contributed by atoms with van der Waals surface area (Å²) < 4.78 is 33.0. The summed E-state index contributed by atoms with van der Waals surface area (Å²) in [6, 6.07) is 0. The van der Waals surface area contributed by atoms with Gasteiger partial charge >= 0.3 is 19.8 Å². The summed E-state index contributed by atoms with van der Waals surface area (Å²) >= 11 is 0. The monoisotopic (exact) mass is 1060 g/mol. The summed E-state index contributed by atoms with van der Waals surface area (Å²) in [5.74, 6) is -0.862. The summed E-state index contributed by atoms with van der Waals surface area (Å²) in [7, 11) is -4.40. The molecule has 0 aromatic carbocycles. The van der Waals surface area contributed by atoms with Crippen molar-refractivity contribution in [3.63, 3.8) is 0 Å². The van der Waals surface area contributed by atoms with E-state index in [-0.39, 0.29) is 32.6 Å². The molecule has 0 aromatic heterocycles. The summed E-state index contributed by atoms with van der Waals surface area (Å²) in [6.45, 7) is 3.58. The molecule has 0 bridgehead atoms. The Balaban J connectivity index is 4.09. The minimum Gasteiger partial charge on any atom is -0.462 e. The maximum absolute atomic E-state index is 12.7. The standard InChI is InChI=1S/C65H108NO8P/c1-3-5-7-9-11-13-15-17-19-21-23-25-26-27-28-29-30-31-32-33-34-35-36-38-40-42-44-46-48-50-52-54-56-58-65(68)74-63(62-73-75(69,70)72-60-59-66)61-71-64(67)57-55-53-51-49-47-45-43-41-39-37-24-22-20-18-16-14-12-10-8-6-4-2/h5,7,11,13,16-19,22-25,27-28,30-31,33-34,36,38,42,44,63H,3-4,6,8-10,12,14-15,20-21,26,29,32,35,37,39-41,43,45-62,66H2,1-2H3,(H,69,70)/b7-5-,13-11-,18-16-,19-17-,24-22-,25-23-,28-27-,31-30-,34-33-,38-36-,44-42-. The van der Waals surface area contributed by atoms with Gasteiger partial charge in [0.25, 0.3) is 0 Å². The number of hydrogen-bond donors (Lipinski definition) is 2. The minimum absolute atomic E-state index is 0.0422. The van der Waals surface area contributed by atoms with E-state index in [2.05, 4.69) is 148 Å². The van der Waals surface area contributed by atoms with Crippen molar-refractivity contribution in [1.29, 1.82) is 0 Å². The fraction of sp³-hybridized carbons (Fsp3) is 0.631. The van der Waals surface area contributed by atoms with Crippen LogP contribution in [0.3, 0.4) is 0 Å². The van der Waals surface area contributed by atoms with E-state index >= 15 is 0 Å². The van der Waals surface area contributed by atoms with Gasteiger partial charge in [-0.05, 0) is 116 Å². The zero-order valence-corrected chi connectivity index (χ0v) is 48.4. The predicted molar refractivity (Wildman–Crippen MR) is 320 cm³/mol.